The number of rotatable bonds is 6. The second-order valence-electron chi connectivity index (χ2n) is 6.25. The maximum Gasteiger partial charge on any atom is 0.280 e. The predicted molar refractivity (Wildman–Crippen MR) is 93.0 cm³/mol. The lowest BCUT2D eigenvalue weighted by atomic mass is 10.4. The minimum absolute atomic E-state index is 0.0254. The van der Waals surface area contributed by atoms with Crippen molar-refractivity contribution in [2.24, 2.45) is 0 Å². The third kappa shape index (κ3) is 3.19. The normalized spacial score (nSPS) is 15.0. The maximum absolute atomic E-state index is 12.6. The molecule has 4 rings (SSSR count). The Morgan fingerprint density at radius 2 is 2.20 bits per heavy atom. The molecule has 0 aromatic carbocycles. The summed E-state index contributed by atoms with van der Waals surface area (Å²) in [5.74, 6) is 1.40. The van der Waals surface area contributed by atoms with Gasteiger partial charge in [0, 0.05) is 18.2 Å². The van der Waals surface area contributed by atoms with Gasteiger partial charge in [-0.1, -0.05) is 5.16 Å². The minimum Gasteiger partial charge on any atom is -0.334 e. The van der Waals surface area contributed by atoms with Crippen LogP contribution < -0.4 is 4.72 Å². The lowest BCUT2D eigenvalue weighted by molar-refractivity contribution is 0.423. The van der Waals surface area contributed by atoms with Crippen LogP contribution in [0, 0.1) is 0 Å². The zero-order valence-electron chi connectivity index (χ0n) is 13.7. The molecule has 25 heavy (non-hydrogen) atoms. The molecule has 1 aliphatic rings. The monoisotopic (exact) mass is 379 g/mol. The zero-order chi connectivity index (χ0) is 17.6. The first kappa shape index (κ1) is 16.3. The van der Waals surface area contributed by atoms with Crippen molar-refractivity contribution < 1.29 is 12.9 Å². The first-order chi connectivity index (χ1) is 11.9. The number of hydrogen-bond donors (Lipinski definition) is 1. The lowest BCUT2D eigenvalue weighted by Gasteiger charge is -2.06. The number of aromatic nitrogens is 4. The molecule has 8 nitrogen and oxygen atoms in total. The van der Waals surface area contributed by atoms with E-state index in [1.54, 1.807) is 16.0 Å². The van der Waals surface area contributed by atoms with Crippen molar-refractivity contribution in [3.63, 3.8) is 0 Å². The molecular weight excluding hydrogens is 362 g/mol. The van der Waals surface area contributed by atoms with Crippen LogP contribution in [0.15, 0.2) is 33.5 Å². The van der Waals surface area contributed by atoms with E-state index >= 15 is 0 Å². The molecule has 1 N–H and O–H groups in total. The standard InChI is InChI=1S/C15H17N5O3S2/c1-9(2)20-7-12(16-8-20)25(21,22)19-11-5-6-24-13(11)15-17-14(18-23-15)10-3-4-10/h5-10,19H,3-4H2,1-2H3. The molecule has 0 aliphatic heterocycles. The summed E-state index contributed by atoms with van der Waals surface area (Å²) in [7, 11) is -3.79. The van der Waals surface area contributed by atoms with Gasteiger partial charge in [0.25, 0.3) is 15.9 Å². The van der Waals surface area contributed by atoms with Crippen LogP contribution >= 0.6 is 11.3 Å². The van der Waals surface area contributed by atoms with E-state index in [1.165, 1.54) is 23.9 Å². The fourth-order valence-corrected chi connectivity index (χ4v) is 4.17. The number of sulfonamides is 1. The molecule has 1 saturated carbocycles. The average Bonchev–Trinajstić information content (AvgIpc) is 2.99. The molecule has 10 heteroatoms. The Labute approximate surface area is 149 Å². The van der Waals surface area contributed by atoms with Crippen molar-refractivity contribution in [2.45, 2.75) is 43.7 Å². The summed E-state index contributed by atoms with van der Waals surface area (Å²) in [5.41, 5.74) is 0.412. The Morgan fingerprint density at radius 3 is 2.88 bits per heavy atom. The smallest absolute Gasteiger partial charge is 0.280 e. The zero-order valence-corrected chi connectivity index (χ0v) is 15.3. The van der Waals surface area contributed by atoms with Crippen LogP contribution in [0.4, 0.5) is 5.69 Å². The third-order valence-electron chi connectivity index (χ3n) is 3.94. The van der Waals surface area contributed by atoms with E-state index in [2.05, 4.69) is 19.8 Å². The van der Waals surface area contributed by atoms with Crippen molar-refractivity contribution in [3.8, 4) is 10.8 Å². The van der Waals surface area contributed by atoms with Gasteiger partial charge in [-0.25, -0.2) is 4.98 Å². The highest BCUT2D eigenvalue weighted by molar-refractivity contribution is 7.92. The molecule has 3 heterocycles. The Bertz CT molecular complexity index is 998. The fraction of sp³-hybridized carbons (Fsp3) is 0.400. The van der Waals surface area contributed by atoms with Gasteiger partial charge in [0.2, 0.25) is 0 Å². The predicted octanol–water partition coefficient (Wildman–Crippen LogP) is 3.25. The Morgan fingerprint density at radius 1 is 1.40 bits per heavy atom. The van der Waals surface area contributed by atoms with Crippen LogP contribution in [0.1, 0.15) is 44.5 Å². The molecular formula is C15H17N5O3S2. The quantitative estimate of drug-likeness (QED) is 0.705. The van der Waals surface area contributed by atoms with Gasteiger partial charge < -0.3 is 9.09 Å². The van der Waals surface area contributed by atoms with E-state index < -0.39 is 10.0 Å². The van der Waals surface area contributed by atoms with Gasteiger partial charge in [-0.3, -0.25) is 4.72 Å². The average molecular weight is 379 g/mol. The molecule has 0 spiro atoms. The molecule has 0 unspecified atom stereocenters. The maximum atomic E-state index is 12.6. The van der Waals surface area contributed by atoms with E-state index in [0.29, 0.717) is 28.2 Å². The molecule has 0 radical (unpaired) electrons. The van der Waals surface area contributed by atoms with Crippen LogP contribution in [0.3, 0.4) is 0 Å². The second-order valence-corrected chi connectivity index (χ2v) is 8.80. The number of thiophene rings is 1. The third-order valence-corrected chi connectivity index (χ3v) is 6.09. The summed E-state index contributed by atoms with van der Waals surface area (Å²) >= 11 is 1.35. The molecule has 0 saturated heterocycles. The van der Waals surface area contributed by atoms with Gasteiger partial charge in [-0.2, -0.15) is 13.4 Å². The molecule has 0 amide bonds. The SMILES string of the molecule is CC(C)n1cnc(S(=O)(=O)Nc2ccsc2-c2nc(C3CC3)no2)c1. The highest BCUT2D eigenvalue weighted by Gasteiger charge is 2.30. The number of nitrogens with one attached hydrogen (secondary N) is 1. The van der Waals surface area contributed by atoms with Crippen molar-refractivity contribution in [3.05, 3.63) is 29.8 Å². The van der Waals surface area contributed by atoms with Gasteiger partial charge in [0.1, 0.15) is 4.88 Å². The van der Waals surface area contributed by atoms with Gasteiger partial charge in [0.15, 0.2) is 10.9 Å². The van der Waals surface area contributed by atoms with Crippen LogP contribution in [-0.4, -0.2) is 28.1 Å². The molecule has 3 aromatic rings. The van der Waals surface area contributed by atoms with E-state index in [4.69, 9.17) is 4.52 Å². The number of imidazole rings is 1. The Kier molecular flexibility index (Phi) is 3.88. The van der Waals surface area contributed by atoms with Gasteiger partial charge in [-0.15, -0.1) is 11.3 Å². The first-order valence-corrected chi connectivity index (χ1v) is 10.3. The summed E-state index contributed by atoms with van der Waals surface area (Å²) in [6.45, 7) is 3.91. The molecule has 1 fully saturated rings. The van der Waals surface area contributed by atoms with Gasteiger partial charge in [-0.05, 0) is 38.1 Å². The van der Waals surface area contributed by atoms with E-state index in [9.17, 15) is 8.42 Å². The van der Waals surface area contributed by atoms with E-state index in [1.807, 2.05) is 13.8 Å². The molecule has 132 valence electrons. The molecule has 0 atom stereocenters. The van der Waals surface area contributed by atoms with Crippen LogP contribution in [0.2, 0.25) is 0 Å². The van der Waals surface area contributed by atoms with E-state index in [-0.39, 0.29) is 11.1 Å². The van der Waals surface area contributed by atoms with Gasteiger partial charge in [0.05, 0.1) is 12.0 Å². The Balaban J connectivity index is 1.60. The highest BCUT2D eigenvalue weighted by Crippen LogP contribution is 2.40. The summed E-state index contributed by atoms with van der Waals surface area (Å²) < 4.78 is 34.8. The van der Waals surface area contributed by atoms with Crippen LogP contribution in [0.5, 0.6) is 0 Å². The largest absolute Gasteiger partial charge is 0.334 e. The number of hydrogen-bond acceptors (Lipinski definition) is 7. The fourth-order valence-electron chi connectivity index (χ4n) is 2.33. The van der Waals surface area contributed by atoms with E-state index in [0.717, 1.165) is 12.8 Å². The van der Waals surface area contributed by atoms with Crippen molar-refractivity contribution in [1.82, 2.24) is 19.7 Å². The minimum atomic E-state index is -3.79. The summed E-state index contributed by atoms with van der Waals surface area (Å²) in [6.07, 6.45) is 5.16. The van der Waals surface area contributed by atoms with Gasteiger partial charge >= 0.3 is 0 Å². The summed E-state index contributed by atoms with van der Waals surface area (Å²) in [4.78, 5) is 8.98. The highest BCUT2D eigenvalue weighted by atomic mass is 32.2. The second kappa shape index (κ2) is 5.95. The topological polar surface area (TPSA) is 103 Å². The number of anilines is 1. The first-order valence-electron chi connectivity index (χ1n) is 7.92. The summed E-state index contributed by atoms with van der Waals surface area (Å²) in [5, 5.41) is 5.73. The lowest BCUT2D eigenvalue weighted by Crippen LogP contribution is -2.13. The Hall–Kier alpha value is -2.20. The van der Waals surface area contributed by atoms with Crippen molar-refractivity contribution in [2.75, 3.05) is 4.72 Å². The van der Waals surface area contributed by atoms with Crippen LogP contribution in [-0.2, 0) is 10.0 Å². The molecule has 0 bridgehead atoms. The number of nitrogens with zero attached hydrogens (tertiary/aromatic N) is 4. The van der Waals surface area contributed by atoms with Crippen LogP contribution in [0.25, 0.3) is 10.8 Å². The van der Waals surface area contributed by atoms with Crippen molar-refractivity contribution >= 4 is 27.0 Å². The molecule has 3 aromatic heterocycles. The summed E-state index contributed by atoms with van der Waals surface area (Å²) in [6, 6.07) is 1.81. The van der Waals surface area contributed by atoms with Crippen molar-refractivity contribution in [1.29, 1.82) is 0 Å². The molecule has 1 aliphatic carbocycles.